The number of pyridine rings is 2. The van der Waals surface area contributed by atoms with Gasteiger partial charge in [0.15, 0.2) is 5.60 Å². The van der Waals surface area contributed by atoms with E-state index in [2.05, 4.69) is 15.0 Å². The van der Waals surface area contributed by atoms with E-state index in [0.717, 1.165) is 0 Å². The highest BCUT2D eigenvalue weighted by atomic mass is 16.3. The fourth-order valence-electron chi connectivity index (χ4n) is 2.06. The zero-order valence-electron chi connectivity index (χ0n) is 10.1. The summed E-state index contributed by atoms with van der Waals surface area (Å²) < 4.78 is 0. The predicted molar refractivity (Wildman–Crippen MR) is 70.3 cm³/mol. The smallest absolute Gasteiger partial charge is 0.154 e. The molecule has 3 heterocycles. The lowest BCUT2D eigenvalue weighted by atomic mass is 9.90. The summed E-state index contributed by atoms with van der Waals surface area (Å²) in [6, 6.07) is 14.4. The Morgan fingerprint density at radius 2 is 1.47 bits per heavy atom. The highest BCUT2D eigenvalue weighted by molar-refractivity contribution is 5.37. The molecule has 0 aliphatic carbocycles. The van der Waals surface area contributed by atoms with Crippen molar-refractivity contribution in [3.63, 3.8) is 0 Å². The van der Waals surface area contributed by atoms with E-state index in [9.17, 15) is 5.11 Å². The monoisotopic (exact) mass is 250 g/mol. The van der Waals surface area contributed by atoms with Crippen LogP contribution in [0.2, 0.25) is 0 Å². The van der Waals surface area contributed by atoms with E-state index in [-0.39, 0.29) is 0 Å². The molecule has 94 valence electrons. The summed E-state index contributed by atoms with van der Waals surface area (Å²) in [6.45, 7) is 0. The van der Waals surface area contributed by atoms with Crippen LogP contribution in [0.4, 0.5) is 0 Å². The number of hydrogen-bond donors (Lipinski definition) is 1. The van der Waals surface area contributed by atoms with Crippen LogP contribution in [0.3, 0.4) is 0 Å². The molecule has 0 radical (unpaired) electrons. The summed E-state index contributed by atoms with van der Waals surface area (Å²) in [5, 5.41) is 11.1. The Morgan fingerprint density at radius 1 is 0.842 bits per heavy atom. The molecule has 0 aromatic carbocycles. The van der Waals surface area contributed by atoms with Crippen molar-refractivity contribution in [2.75, 3.05) is 0 Å². The zero-order valence-corrected chi connectivity index (χ0v) is 10.1. The van der Waals surface area contributed by atoms with Gasteiger partial charge in [0.05, 0.1) is 11.4 Å². The van der Waals surface area contributed by atoms with Crippen LogP contribution in [-0.2, 0) is 5.60 Å². The average molecular weight is 250 g/mol. The van der Waals surface area contributed by atoms with Gasteiger partial charge in [-0.25, -0.2) is 0 Å². The molecule has 0 fully saturated rings. The van der Waals surface area contributed by atoms with Crippen molar-refractivity contribution < 1.29 is 5.11 Å². The number of hydrogen-bond acceptors (Lipinski definition) is 3. The second-order valence-electron chi connectivity index (χ2n) is 4.16. The Balaban J connectivity index is 2.23. The highest BCUT2D eigenvalue weighted by Gasteiger charge is 2.33. The van der Waals surface area contributed by atoms with Gasteiger partial charge in [-0.1, -0.05) is 24.3 Å². The van der Waals surface area contributed by atoms with Crippen LogP contribution in [-0.4, -0.2) is 15.1 Å². The lowest BCUT2D eigenvalue weighted by Gasteiger charge is -2.31. The van der Waals surface area contributed by atoms with Crippen LogP contribution >= 0.6 is 0 Å². The molecule has 0 aliphatic heterocycles. The van der Waals surface area contributed by atoms with E-state index in [1.807, 2.05) is 12.1 Å². The minimum absolute atomic E-state index is 0.507. The maximum atomic E-state index is 11.1. The maximum absolute atomic E-state index is 11.1. The Bertz CT molecular complexity index is 596. The second kappa shape index (κ2) is 4.66. The first-order chi connectivity index (χ1) is 9.32. The van der Waals surface area contributed by atoms with E-state index < -0.39 is 5.60 Å². The van der Waals surface area contributed by atoms with Crippen molar-refractivity contribution in [2.24, 2.45) is 0 Å². The van der Waals surface area contributed by atoms with Gasteiger partial charge in [-0.05, 0) is 24.3 Å². The molecule has 0 spiro atoms. The molecule has 1 N–H and O–H groups in total. The van der Waals surface area contributed by atoms with Gasteiger partial charge in [0, 0.05) is 12.4 Å². The minimum atomic E-state index is -1.42. The second-order valence-corrected chi connectivity index (χ2v) is 4.16. The van der Waals surface area contributed by atoms with Crippen molar-refractivity contribution in [1.29, 1.82) is 0 Å². The first kappa shape index (κ1) is 11.6. The zero-order chi connectivity index (χ0) is 13.1. The lowest BCUT2D eigenvalue weighted by Crippen LogP contribution is -2.31. The summed E-state index contributed by atoms with van der Waals surface area (Å²) in [7, 11) is 0. The van der Waals surface area contributed by atoms with E-state index in [1.165, 1.54) is 0 Å². The van der Waals surface area contributed by atoms with Crippen LogP contribution in [0.1, 0.15) is 17.1 Å². The molecule has 0 atom stereocenters. The Kier molecular flexibility index (Phi) is 2.85. The molecular weight excluding hydrogens is 238 g/mol. The van der Waals surface area contributed by atoms with E-state index in [4.69, 9.17) is 0 Å². The van der Waals surface area contributed by atoms with E-state index in [1.54, 1.807) is 55.0 Å². The molecule has 0 bridgehead atoms. The van der Waals surface area contributed by atoms with Gasteiger partial charge < -0.3 is 10.1 Å². The molecule has 0 saturated heterocycles. The summed E-state index contributed by atoms with van der Waals surface area (Å²) >= 11 is 0. The molecule has 0 saturated carbocycles. The topological polar surface area (TPSA) is 60.1 Å². The third kappa shape index (κ3) is 1.92. The van der Waals surface area contributed by atoms with Crippen LogP contribution in [0.5, 0.6) is 0 Å². The average Bonchev–Trinajstić information content (AvgIpc) is 3.03. The summed E-state index contributed by atoms with van der Waals surface area (Å²) in [5.74, 6) is 0. The van der Waals surface area contributed by atoms with Crippen molar-refractivity contribution in [2.45, 2.75) is 5.60 Å². The van der Waals surface area contributed by atoms with Gasteiger partial charge in [-0.3, -0.25) is 9.97 Å². The van der Waals surface area contributed by atoms with Crippen molar-refractivity contribution in [1.82, 2.24) is 15.0 Å². The van der Waals surface area contributed by atoms with Crippen LogP contribution in [0.15, 0.2) is 67.1 Å². The molecule has 4 nitrogen and oxygen atoms in total. The number of nitrogens with zero attached hydrogens (tertiary/aromatic N) is 3. The molecular formula is C15H12N3O-. The van der Waals surface area contributed by atoms with E-state index in [0.29, 0.717) is 17.1 Å². The first-order valence-electron chi connectivity index (χ1n) is 5.95. The number of rotatable bonds is 3. The van der Waals surface area contributed by atoms with Gasteiger partial charge in [-0.2, -0.15) is 6.20 Å². The third-order valence-electron chi connectivity index (χ3n) is 3.00. The molecule has 3 aromatic rings. The maximum Gasteiger partial charge on any atom is 0.154 e. The van der Waals surface area contributed by atoms with Crippen molar-refractivity contribution in [3.05, 3.63) is 84.2 Å². The van der Waals surface area contributed by atoms with Crippen molar-refractivity contribution >= 4 is 0 Å². The molecule has 3 rings (SSSR count). The SMILES string of the molecule is OC(c1ccccn1)(c1ccccn1)c1ccc[n-]1. The molecule has 0 unspecified atom stereocenters. The minimum Gasteiger partial charge on any atom is -0.665 e. The Morgan fingerprint density at radius 3 is 1.89 bits per heavy atom. The number of aromatic nitrogens is 3. The van der Waals surface area contributed by atoms with Gasteiger partial charge >= 0.3 is 0 Å². The fourth-order valence-corrected chi connectivity index (χ4v) is 2.06. The van der Waals surface area contributed by atoms with E-state index >= 15 is 0 Å². The Hall–Kier alpha value is -2.46. The molecule has 19 heavy (non-hydrogen) atoms. The van der Waals surface area contributed by atoms with Gasteiger partial charge in [0.1, 0.15) is 0 Å². The van der Waals surface area contributed by atoms with Gasteiger partial charge in [0.2, 0.25) is 0 Å². The Labute approximate surface area is 110 Å². The quantitative estimate of drug-likeness (QED) is 0.769. The lowest BCUT2D eigenvalue weighted by molar-refractivity contribution is 0.111. The van der Waals surface area contributed by atoms with Crippen LogP contribution in [0, 0.1) is 0 Å². The highest BCUT2D eigenvalue weighted by Crippen LogP contribution is 2.32. The summed E-state index contributed by atoms with van der Waals surface area (Å²) in [5.41, 5.74) is 0.108. The normalized spacial score (nSPS) is 11.4. The van der Waals surface area contributed by atoms with Gasteiger partial charge in [0.25, 0.3) is 0 Å². The van der Waals surface area contributed by atoms with Gasteiger partial charge in [-0.15, -0.1) is 5.69 Å². The largest absolute Gasteiger partial charge is 0.665 e. The number of aliphatic hydroxyl groups is 1. The fraction of sp³-hybridized carbons (Fsp3) is 0.0667. The van der Waals surface area contributed by atoms with Crippen LogP contribution < -0.4 is 4.98 Å². The predicted octanol–water partition coefficient (Wildman–Crippen LogP) is 1.72. The van der Waals surface area contributed by atoms with Crippen LogP contribution in [0.25, 0.3) is 0 Å². The molecule has 3 aromatic heterocycles. The molecule has 0 amide bonds. The summed E-state index contributed by atoms with van der Waals surface area (Å²) in [4.78, 5) is 12.7. The first-order valence-corrected chi connectivity index (χ1v) is 5.95. The molecule has 4 heteroatoms. The molecule has 0 aliphatic rings. The van der Waals surface area contributed by atoms with Crippen molar-refractivity contribution in [3.8, 4) is 0 Å². The third-order valence-corrected chi connectivity index (χ3v) is 3.00. The summed E-state index contributed by atoms with van der Waals surface area (Å²) in [6.07, 6.45) is 4.94. The standard InChI is InChI=1S/C15H12N3O/c19-15(14-8-5-11-18-14,12-6-1-3-9-16-12)13-7-2-4-10-17-13/h1-11,19H/q-1.